The van der Waals surface area contributed by atoms with Gasteiger partial charge in [-0.25, -0.2) is 4.79 Å². The quantitative estimate of drug-likeness (QED) is 0.468. The van der Waals surface area contributed by atoms with Crippen LogP contribution in [0.15, 0.2) is 0 Å². The lowest BCUT2D eigenvalue weighted by atomic mass is 10.1. The molecule has 0 atom stereocenters. The summed E-state index contributed by atoms with van der Waals surface area (Å²) in [4.78, 5) is 0.820. The van der Waals surface area contributed by atoms with Gasteiger partial charge in [0.2, 0.25) is 0 Å². The Hall–Kier alpha value is -1.80. The molecule has 0 amide bonds. The summed E-state index contributed by atoms with van der Waals surface area (Å²) in [7, 11) is 0. The van der Waals surface area contributed by atoms with Gasteiger partial charge in [-0.2, -0.15) is 74.6 Å². The summed E-state index contributed by atoms with van der Waals surface area (Å²) in [5.41, 5.74) is 0. The first-order chi connectivity index (χ1) is 12.7. The highest BCUT2D eigenvalue weighted by Gasteiger charge is 2.95. The summed E-state index contributed by atoms with van der Waals surface area (Å²) >= 11 is 0. The molecule has 1 N–H and O–H groups in total. The zero-order chi connectivity index (χ0) is 24.7. The first kappa shape index (κ1) is 26.2. The fourth-order valence-corrected chi connectivity index (χ4v) is 2.02. The minimum atomic E-state index is -8.34. The Bertz CT molecular complexity index is 713. The van der Waals surface area contributed by atoms with Crippen molar-refractivity contribution < 1.29 is 84.5 Å². The second kappa shape index (κ2) is 6.13. The molecule has 0 bridgehead atoms. The van der Waals surface area contributed by atoms with Crippen molar-refractivity contribution in [2.24, 2.45) is 0 Å². The minimum absolute atomic E-state index is 4.41. The zero-order valence-corrected chi connectivity index (χ0v) is 12.7. The SMILES string of the molecule is O=C(O)C(F)(F)C(F)(F)N1C(F)(F)C(F)(F)N(C(F)(F)F)C(F)(F)C(F)(F)C1(F)F. The highest BCUT2D eigenvalue weighted by molar-refractivity contribution is 5.76. The van der Waals surface area contributed by atoms with E-state index in [1.807, 2.05) is 0 Å². The molecule has 1 aliphatic rings. The van der Waals surface area contributed by atoms with Crippen LogP contribution >= 0.6 is 0 Å². The van der Waals surface area contributed by atoms with E-state index in [1.165, 1.54) is 0 Å². The Morgan fingerprint density at radius 3 is 1.20 bits per heavy atom. The van der Waals surface area contributed by atoms with Crippen LogP contribution in [0.2, 0.25) is 0 Å². The summed E-state index contributed by atoms with van der Waals surface area (Å²) < 4.78 is 225. The average Bonchev–Trinajstić information content (AvgIpc) is 2.43. The van der Waals surface area contributed by atoms with Crippen LogP contribution in [-0.4, -0.2) is 69.3 Å². The van der Waals surface area contributed by atoms with Crippen LogP contribution in [0.4, 0.5) is 74.6 Å². The van der Waals surface area contributed by atoms with Gasteiger partial charge in [0.05, 0.1) is 0 Å². The molecule has 0 aliphatic carbocycles. The van der Waals surface area contributed by atoms with Crippen molar-refractivity contribution >= 4 is 5.97 Å². The maximum atomic E-state index is 13.6. The van der Waals surface area contributed by atoms with Crippen molar-refractivity contribution in [3.8, 4) is 0 Å². The van der Waals surface area contributed by atoms with E-state index in [0.717, 1.165) is 0 Å². The third-order valence-electron chi connectivity index (χ3n) is 3.42. The van der Waals surface area contributed by atoms with Gasteiger partial charge in [0.1, 0.15) is 0 Å². The van der Waals surface area contributed by atoms with E-state index in [9.17, 15) is 79.4 Å². The molecular formula is C9HF17N2O2. The van der Waals surface area contributed by atoms with E-state index in [2.05, 4.69) is 0 Å². The smallest absolute Gasteiger partial charge is 0.469 e. The lowest BCUT2D eigenvalue weighted by molar-refractivity contribution is -0.477. The Balaban J connectivity index is 4.20. The van der Waals surface area contributed by atoms with Gasteiger partial charge >= 0.3 is 54.3 Å². The van der Waals surface area contributed by atoms with Gasteiger partial charge in [-0.1, -0.05) is 4.90 Å². The molecule has 0 unspecified atom stereocenters. The van der Waals surface area contributed by atoms with E-state index in [4.69, 9.17) is 5.11 Å². The fourth-order valence-electron chi connectivity index (χ4n) is 2.02. The molecule has 0 radical (unpaired) electrons. The number of alkyl halides is 17. The van der Waals surface area contributed by atoms with Crippen LogP contribution in [0.25, 0.3) is 0 Å². The Morgan fingerprint density at radius 1 is 0.600 bits per heavy atom. The minimum Gasteiger partial charge on any atom is -0.477 e. The molecule has 1 heterocycles. The van der Waals surface area contributed by atoms with Crippen LogP contribution in [0.3, 0.4) is 0 Å². The molecule has 30 heavy (non-hydrogen) atoms. The van der Waals surface area contributed by atoms with Crippen molar-refractivity contribution in [1.82, 2.24) is 9.80 Å². The van der Waals surface area contributed by atoms with Crippen LogP contribution in [0, 0.1) is 0 Å². The molecule has 1 rings (SSSR count). The van der Waals surface area contributed by atoms with Gasteiger partial charge in [-0.05, 0) is 0 Å². The molecule has 0 aromatic heterocycles. The number of carboxylic acids is 1. The van der Waals surface area contributed by atoms with Crippen LogP contribution in [0.5, 0.6) is 0 Å². The second-order valence-electron chi connectivity index (χ2n) is 5.30. The van der Waals surface area contributed by atoms with Gasteiger partial charge in [0.25, 0.3) is 0 Å². The maximum absolute atomic E-state index is 13.6. The Morgan fingerprint density at radius 2 is 0.900 bits per heavy atom. The Kier molecular flexibility index (Phi) is 5.36. The van der Waals surface area contributed by atoms with E-state index in [0.29, 0.717) is 0 Å². The number of halogens is 17. The predicted octanol–water partition coefficient (Wildman–Crippen LogP) is 4.44. The third-order valence-corrected chi connectivity index (χ3v) is 3.42. The summed E-state index contributed by atoms with van der Waals surface area (Å²) in [5.74, 6) is -20.2. The zero-order valence-electron chi connectivity index (χ0n) is 12.7. The molecule has 1 fully saturated rings. The van der Waals surface area contributed by atoms with Gasteiger partial charge < -0.3 is 5.11 Å². The molecule has 4 nitrogen and oxygen atoms in total. The number of hydrogen-bond acceptors (Lipinski definition) is 3. The second-order valence-corrected chi connectivity index (χ2v) is 5.30. The average molecular weight is 492 g/mol. The molecule has 178 valence electrons. The maximum Gasteiger partial charge on any atom is 0.469 e. The molecule has 1 aliphatic heterocycles. The number of aliphatic carboxylic acids is 1. The number of hydrogen-bond donors (Lipinski definition) is 1. The van der Waals surface area contributed by atoms with Crippen molar-refractivity contribution in [3.05, 3.63) is 0 Å². The van der Waals surface area contributed by atoms with Crippen LogP contribution < -0.4 is 0 Å². The monoisotopic (exact) mass is 492 g/mol. The number of nitrogens with zero attached hydrogens (tertiary/aromatic N) is 2. The standard InChI is InChI=1S/C9HF17N2O2/c10-2(11,1(29)30)4(14,15)27-5(16,17)3(12,13)6(18,19)28(9(24,25)26)8(22,23)7(27,20)21/h(H,29,30). The molecule has 0 aromatic rings. The lowest BCUT2D eigenvalue weighted by Crippen LogP contribution is -2.74. The van der Waals surface area contributed by atoms with Crippen LogP contribution in [-0.2, 0) is 4.79 Å². The first-order valence-electron chi connectivity index (χ1n) is 6.23. The predicted molar refractivity (Wildman–Crippen MR) is 52.0 cm³/mol. The fraction of sp³-hybridized carbons (Fsp3) is 0.889. The van der Waals surface area contributed by atoms with E-state index < -0.39 is 64.1 Å². The topological polar surface area (TPSA) is 43.8 Å². The molecular weight excluding hydrogens is 491 g/mol. The number of carbonyl (C=O) groups is 1. The van der Waals surface area contributed by atoms with Crippen LogP contribution in [0.1, 0.15) is 0 Å². The molecule has 0 spiro atoms. The Labute approximate surface area is 150 Å². The van der Waals surface area contributed by atoms with Gasteiger partial charge in [0.15, 0.2) is 0 Å². The van der Waals surface area contributed by atoms with Gasteiger partial charge in [0, 0.05) is 0 Å². The van der Waals surface area contributed by atoms with E-state index in [-0.39, 0.29) is 0 Å². The normalized spacial score (nSPS) is 26.8. The molecule has 0 aromatic carbocycles. The van der Waals surface area contributed by atoms with Crippen molar-refractivity contribution in [1.29, 1.82) is 0 Å². The lowest BCUT2D eigenvalue weighted by Gasteiger charge is -2.43. The van der Waals surface area contributed by atoms with E-state index >= 15 is 0 Å². The molecule has 0 saturated carbocycles. The van der Waals surface area contributed by atoms with Crippen molar-refractivity contribution in [2.45, 2.75) is 48.4 Å². The van der Waals surface area contributed by atoms with Gasteiger partial charge in [-0.15, -0.1) is 4.90 Å². The first-order valence-corrected chi connectivity index (χ1v) is 6.23. The largest absolute Gasteiger partial charge is 0.477 e. The summed E-state index contributed by atoms with van der Waals surface area (Å²) in [6, 6.07) is -41.2. The third kappa shape index (κ3) is 2.87. The summed E-state index contributed by atoms with van der Waals surface area (Å²) in [5, 5.41) is 7.80. The van der Waals surface area contributed by atoms with E-state index in [1.54, 1.807) is 0 Å². The highest BCUT2D eigenvalue weighted by Crippen LogP contribution is 2.65. The van der Waals surface area contributed by atoms with Crippen molar-refractivity contribution in [3.63, 3.8) is 0 Å². The van der Waals surface area contributed by atoms with Gasteiger partial charge in [-0.3, -0.25) is 0 Å². The molecule has 1 saturated heterocycles. The molecule has 21 heteroatoms. The highest BCUT2D eigenvalue weighted by atomic mass is 19.4. The summed E-state index contributed by atoms with van der Waals surface area (Å²) in [6.07, 6.45) is -7.80. The van der Waals surface area contributed by atoms with Crippen molar-refractivity contribution in [2.75, 3.05) is 0 Å². The number of carboxylic acid groups (broad SMARTS) is 1. The number of rotatable bonds is 3. The summed E-state index contributed by atoms with van der Waals surface area (Å²) in [6.45, 7) is 0.